The maximum Gasteiger partial charge on any atom is 0.243 e. The van der Waals surface area contributed by atoms with Crippen LogP contribution in [0.1, 0.15) is 88.9 Å². The van der Waals surface area contributed by atoms with E-state index in [1.807, 2.05) is 0 Å². The van der Waals surface area contributed by atoms with E-state index in [1.54, 1.807) is 0 Å². The summed E-state index contributed by atoms with van der Waals surface area (Å²) in [5.41, 5.74) is 0. The van der Waals surface area contributed by atoms with Crippen molar-refractivity contribution in [3.05, 3.63) is 11.7 Å². The molecule has 1 saturated carbocycles. The van der Waals surface area contributed by atoms with Crippen molar-refractivity contribution in [1.29, 1.82) is 0 Å². The molecule has 1 aromatic heterocycles. The number of piperidine rings is 1. The Morgan fingerprint density at radius 1 is 1.10 bits per heavy atom. The van der Waals surface area contributed by atoms with Crippen molar-refractivity contribution in [2.24, 2.45) is 11.8 Å². The summed E-state index contributed by atoms with van der Waals surface area (Å²) >= 11 is 0. The van der Waals surface area contributed by atoms with Gasteiger partial charge in [0.2, 0.25) is 5.89 Å². The zero-order valence-electron chi connectivity index (χ0n) is 13.5. The summed E-state index contributed by atoms with van der Waals surface area (Å²) in [6.45, 7) is 5.65. The van der Waals surface area contributed by atoms with Crippen LogP contribution in [0.15, 0.2) is 4.52 Å². The van der Waals surface area contributed by atoms with Gasteiger partial charge >= 0.3 is 0 Å². The summed E-state index contributed by atoms with van der Waals surface area (Å²) in [7, 11) is 0. The molecule has 1 N–H and O–H groups in total. The lowest BCUT2D eigenvalue weighted by molar-refractivity contribution is 0.244. The first kappa shape index (κ1) is 15.0. The minimum absolute atomic E-state index is 0.274. The molecule has 118 valence electrons. The van der Waals surface area contributed by atoms with Crippen LogP contribution in [-0.2, 0) is 0 Å². The van der Waals surface area contributed by atoms with Crippen LogP contribution >= 0.6 is 0 Å². The Morgan fingerprint density at radius 3 is 2.71 bits per heavy atom. The highest BCUT2D eigenvalue weighted by molar-refractivity contribution is 5.01. The highest BCUT2D eigenvalue weighted by Gasteiger charge is 2.29. The van der Waals surface area contributed by atoms with Gasteiger partial charge in [-0.1, -0.05) is 44.7 Å². The number of nitrogens with one attached hydrogen (secondary N) is 1. The third-order valence-corrected chi connectivity index (χ3v) is 5.57. The van der Waals surface area contributed by atoms with Gasteiger partial charge in [-0.05, 0) is 44.1 Å². The van der Waals surface area contributed by atoms with E-state index < -0.39 is 0 Å². The lowest BCUT2D eigenvalue weighted by Gasteiger charge is -2.27. The molecule has 3 rings (SSSR count). The van der Waals surface area contributed by atoms with Crippen molar-refractivity contribution in [3.63, 3.8) is 0 Å². The minimum atomic E-state index is 0.274. The van der Waals surface area contributed by atoms with Crippen LogP contribution in [0.3, 0.4) is 0 Å². The standard InChI is InChI=1S/C17H29N3O/c1-3-12-6-5-7-14(10-12)16-19-17(21-20-16)15-11-13(4-2)8-9-18-15/h12-15,18H,3-11H2,1-2H3. The number of rotatable bonds is 4. The normalized spacial score (nSPS) is 34.0. The molecule has 2 fully saturated rings. The van der Waals surface area contributed by atoms with Crippen molar-refractivity contribution in [2.75, 3.05) is 6.54 Å². The second-order valence-electron chi connectivity index (χ2n) is 6.93. The lowest BCUT2D eigenvalue weighted by atomic mass is 9.80. The van der Waals surface area contributed by atoms with Crippen molar-refractivity contribution in [2.45, 2.75) is 77.2 Å². The molecule has 4 atom stereocenters. The van der Waals surface area contributed by atoms with Crippen LogP contribution in [0.2, 0.25) is 0 Å². The average molecular weight is 291 g/mol. The Balaban J connectivity index is 1.65. The third kappa shape index (κ3) is 3.47. The maximum absolute atomic E-state index is 5.60. The molecule has 0 radical (unpaired) electrons. The molecule has 0 bridgehead atoms. The van der Waals surface area contributed by atoms with E-state index in [0.29, 0.717) is 5.92 Å². The van der Waals surface area contributed by atoms with Crippen molar-refractivity contribution >= 4 is 0 Å². The van der Waals surface area contributed by atoms with E-state index in [4.69, 9.17) is 9.51 Å². The molecule has 4 heteroatoms. The minimum Gasteiger partial charge on any atom is -0.338 e. The van der Waals surface area contributed by atoms with Crippen LogP contribution in [0, 0.1) is 11.8 Å². The van der Waals surface area contributed by atoms with Gasteiger partial charge in [0.25, 0.3) is 0 Å². The fraction of sp³-hybridized carbons (Fsp3) is 0.882. The van der Waals surface area contributed by atoms with Gasteiger partial charge in [0.1, 0.15) is 0 Å². The van der Waals surface area contributed by atoms with E-state index >= 15 is 0 Å². The van der Waals surface area contributed by atoms with Gasteiger partial charge in [-0.2, -0.15) is 4.98 Å². The maximum atomic E-state index is 5.60. The Morgan fingerprint density at radius 2 is 1.90 bits per heavy atom. The summed E-state index contributed by atoms with van der Waals surface area (Å²) in [6, 6.07) is 0.274. The first-order valence-corrected chi connectivity index (χ1v) is 8.87. The van der Waals surface area contributed by atoms with Crippen molar-refractivity contribution in [1.82, 2.24) is 15.5 Å². The molecule has 0 aromatic carbocycles. The third-order valence-electron chi connectivity index (χ3n) is 5.57. The zero-order valence-corrected chi connectivity index (χ0v) is 13.5. The molecule has 1 saturated heterocycles. The number of hydrogen-bond donors (Lipinski definition) is 1. The van der Waals surface area contributed by atoms with E-state index in [2.05, 4.69) is 24.3 Å². The molecule has 4 nitrogen and oxygen atoms in total. The lowest BCUT2D eigenvalue weighted by Crippen LogP contribution is -2.31. The highest BCUT2D eigenvalue weighted by atomic mass is 16.5. The molecule has 21 heavy (non-hydrogen) atoms. The Hall–Kier alpha value is -0.900. The molecule has 1 aromatic rings. The summed E-state index contributed by atoms with van der Waals surface area (Å²) < 4.78 is 5.60. The van der Waals surface area contributed by atoms with E-state index in [0.717, 1.165) is 36.5 Å². The summed E-state index contributed by atoms with van der Waals surface area (Å²) in [4.78, 5) is 4.75. The predicted molar refractivity (Wildman–Crippen MR) is 83.0 cm³/mol. The molecule has 0 spiro atoms. The van der Waals surface area contributed by atoms with Crippen LogP contribution in [0.4, 0.5) is 0 Å². The molecule has 2 heterocycles. The monoisotopic (exact) mass is 291 g/mol. The number of hydrogen-bond acceptors (Lipinski definition) is 4. The quantitative estimate of drug-likeness (QED) is 0.903. The molecule has 4 unspecified atom stereocenters. The Kier molecular flexibility index (Phi) is 4.94. The van der Waals surface area contributed by atoms with Gasteiger partial charge in [-0.3, -0.25) is 0 Å². The largest absolute Gasteiger partial charge is 0.338 e. The topological polar surface area (TPSA) is 51.0 Å². The van der Waals surface area contributed by atoms with Crippen LogP contribution in [0.25, 0.3) is 0 Å². The Bertz CT molecular complexity index is 406. The fourth-order valence-corrected chi connectivity index (χ4v) is 4.01. The molecule has 2 aliphatic rings. The first-order valence-electron chi connectivity index (χ1n) is 8.87. The molecule has 1 aliphatic heterocycles. The number of aromatic nitrogens is 2. The van der Waals surface area contributed by atoms with Crippen molar-refractivity contribution < 1.29 is 4.52 Å². The zero-order chi connectivity index (χ0) is 14.7. The molecule has 0 amide bonds. The fourth-order valence-electron chi connectivity index (χ4n) is 4.01. The second-order valence-corrected chi connectivity index (χ2v) is 6.93. The van der Waals surface area contributed by atoms with Gasteiger partial charge < -0.3 is 9.84 Å². The molecular weight excluding hydrogens is 262 g/mol. The molecular formula is C17H29N3O. The van der Waals surface area contributed by atoms with Gasteiger partial charge in [-0.25, -0.2) is 0 Å². The molecule has 1 aliphatic carbocycles. The summed E-state index contributed by atoms with van der Waals surface area (Å²) in [5, 5.41) is 7.85. The first-order chi connectivity index (χ1) is 10.3. The van der Waals surface area contributed by atoms with Crippen LogP contribution in [0.5, 0.6) is 0 Å². The number of nitrogens with zero attached hydrogens (tertiary/aromatic N) is 2. The average Bonchev–Trinajstić information content (AvgIpc) is 3.05. The summed E-state index contributed by atoms with van der Waals surface area (Å²) in [6.07, 6.45) is 10.1. The van der Waals surface area contributed by atoms with Gasteiger partial charge in [-0.15, -0.1) is 0 Å². The van der Waals surface area contributed by atoms with Crippen LogP contribution in [-0.4, -0.2) is 16.7 Å². The SMILES string of the molecule is CCC1CCCC(c2noc(C3CC(CC)CCN3)n2)C1. The van der Waals surface area contributed by atoms with E-state index in [-0.39, 0.29) is 6.04 Å². The van der Waals surface area contributed by atoms with Gasteiger partial charge in [0, 0.05) is 5.92 Å². The predicted octanol–water partition coefficient (Wildman–Crippen LogP) is 4.20. The van der Waals surface area contributed by atoms with Crippen molar-refractivity contribution in [3.8, 4) is 0 Å². The van der Waals surface area contributed by atoms with Crippen LogP contribution < -0.4 is 5.32 Å². The van der Waals surface area contributed by atoms with E-state index in [9.17, 15) is 0 Å². The smallest absolute Gasteiger partial charge is 0.243 e. The van der Waals surface area contributed by atoms with Gasteiger partial charge in [0.15, 0.2) is 5.82 Å². The highest BCUT2D eigenvalue weighted by Crippen LogP contribution is 2.37. The van der Waals surface area contributed by atoms with E-state index in [1.165, 1.54) is 44.9 Å². The summed E-state index contributed by atoms with van der Waals surface area (Å²) in [5.74, 6) is 3.95. The second kappa shape index (κ2) is 6.91. The van der Waals surface area contributed by atoms with Gasteiger partial charge in [0.05, 0.1) is 6.04 Å². The Labute approximate surface area is 128 Å².